The molecule has 3 aliphatic heterocycles. The van der Waals surface area contributed by atoms with E-state index in [0.717, 1.165) is 11.3 Å². The van der Waals surface area contributed by atoms with Gasteiger partial charge >= 0.3 is 0 Å². The molecule has 2 unspecified atom stereocenters. The first-order valence-corrected chi connectivity index (χ1v) is 10.0. The number of pyridine rings is 1. The number of fused-ring (bicyclic) bond motifs is 1. The van der Waals surface area contributed by atoms with Crippen LogP contribution in [0.4, 0.5) is 4.39 Å². The topological polar surface area (TPSA) is 62.7 Å². The van der Waals surface area contributed by atoms with Crippen LogP contribution in [0.15, 0.2) is 60.8 Å². The van der Waals surface area contributed by atoms with Crippen LogP contribution in [0.5, 0.6) is 0 Å². The maximum absolute atomic E-state index is 13.3. The normalized spacial score (nSPS) is 28.8. The highest BCUT2D eigenvalue weighted by Gasteiger charge is 2.67. The molecule has 2 saturated heterocycles. The fraction of sp³-hybridized carbons (Fsp3) is 0.348. The fourth-order valence-electron chi connectivity index (χ4n) is 4.87. The number of nitrogens with zero attached hydrogens (tertiary/aromatic N) is 3. The lowest BCUT2D eigenvalue weighted by Gasteiger charge is -2.27. The largest absolute Gasteiger partial charge is 0.360 e. The Morgan fingerprint density at radius 2 is 2.10 bits per heavy atom. The van der Waals surface area contributed by atoms with Crippen molar-refractivity contribution in [2.24, 2.45) is 11.8 Å². The van der Waals surface area contributed by atoms with E-state index in [9.17, 15) is 14.0 Å². The van der Waals surface area contributed by atoms with Crippen LogP contribution in [0.25, 0.3) is 0 Å². The monoisotopic (exact) mass is 407 g/mol. The van der Waals surface area contributed by atoms with E-state index in [1.54, 1.807) is 35.2 Å². The minimum absolute atomic E-state index is 0.0873. The Morgan fingerprint density at radius 1 is 1.30 bits per heavy atom. The van der Waals surface area contributed by atoms with Crippen molar-refractivity contribution in [3.63, 3.8) is 0 Å². The van der Waals surface area contributed by atoms with Gasteiger partial charge in [-0.3, -0.25) is 14.6 Å². The van der Waals surface area contributed by atoms with Crippen molar-refractivity contribution in [2.45, 2.75) is 24.8 Å². The molecule has 1 aromatic carbocycles. The summed E-state index contributed by atoms with van der Waals surface area (Å²) < 4.78 is 19.4. The molecule has 2 amide bonds. The molecule has 2 fully saturated rings. The second-order valence-corrected chi connectivity index (χ2v) is 8.24. The minimum Gasteiger partial charge on any atom is -0.360 e. The number of hydrogen-bond donors (Lipinski definition) is 0. The van der Waals surface area contributed by atoms with Gasteiger partial charge in [-0.1, -0.05) is 30.4 Å². The summed E-state index contributed by atoms with van der Waals surface area (Å²) in [5.41, 5.74) is 0.877. The molecule has 0 saturated carbocycles. The van der Waals surface area contributed by atoms with Gasteiger partial charge in [0.25, 0.3) is 0 Å². The maximum atomic E-state index is 13.3. The molecule has 0 N–H and O–H groups in total. The summed E-state index contributed by atoms with van der Waals surface area (Å²) in [4.78, 5) is 34.2. The van der Waals surface area contributed by atoms with Gasteiger partial charge in [-0.15, -0.1) is 0 Å². The van der Waals surface area contributed by atoms with Crippen LogP contribution in [0, 0.1) is 17.7 Å². The van der Waals surface area contributed by atoms with Crippen LogP contribution in [0.2, 0.25) is 0 Å². The molecule has 1 spiro atoms. The van der Waals surface area contributed by atoms with Gasteiger partial charge in [0, 0.05) is 19.8 Å². The Kier molecular flexibility index (Phi) is 4.43. The Labute approximate surface area is 174 Å². The first-order valence-electron chi connectivity index (χ1n) is 10.0. The van der Waals surface area contributed by atoms with Gasteiger partial charge in [0.2, 0.25) is 11.8 Å². The van der Waals surface area contributed by atoms with Crippen LogP contribution < -0.4 is 0 Å². The molecule has 4 atom stereocenters. The van der Waals surface area contributed by atoms with E-state index in [1.807, 2.05) is 30.4 Å². The number of benzene rings is 1. The quantitative estimate of drug-likeness (QED) is 0.713. The van der Waals surface area contributed by atoms with E-state index in [2.05, 4.69) is 4.98 Å². The lowest BCUT2D eigenvalue weighted by Crippen LogP contribution is -2.44. The lowest BCUT2D eigenvalue weighted by molar-refractivity contribution is -0.142. The standard InChI is InChI=1S/C23H22FN3O3/c1-26(13-17-4-2-3-11-25-17)21(28)19-18-9-10-23(30-18)14-27(22(29)20(19)23)12-15-5-7-16(24)8-6-15/h2-11,18-20H,12-14H2,1H3/t18-,19?,20?,23-/m1/s1. The van der Waals surface area contributed by atoms with Gasteiger partial charge in [0.1, 0.15) is 11.4 Å². The van der Waals surface area contributed by atoms with Gasteiger partial charge in [-0.05, 0) is 29.8 Å². The summed E-state index contributed by atoms with van der Waals surface area (Å²) in [6, 6.07) is 11.7. The van der Waals surface area contributed by atoms with Gasteiger partial charge in [-0.25, -0.2) is 4.39 Å². The minimum atomic E-state index is -0.756. The second-order valence-electron chi connectivity index (χ2n) is 8.24. The number of amides is 2. The van der Waals surface area contributed by atoms with Crippen molar-refractivity contribution >= 4 is 11.8 Å². The van der Waals surface area contributed by atoms with Gasteiger partial charge < -0.3 is 14.5 Å². The third-order valence-corrected chi connectivity index (χ3v) is 6.25. The van der Waals surface area contributed by atoms with Crippen LogP contribution in [-0.2, 0) is 27.4 Å². The number of halogens is 1. The Morgan fingerprint density at radius 3 is 2.83 bits per heavy atom. The van der Waals surface area contributed by atoms with E-state index in [1.165, 1.54) is 12.1 Å². The molecule has 6 nitrogen and oxygen atoms in total. The van der Waals surface area contributed by atoms with E-state index < -0.39 is 17.4 Å². The summed E-state index contributed by atoms with van der Waals surface area (Å²) >= 11 is 0. The molecular weight excluding hydrogens is 385 g/mol. The third-order valence-electron chi connectivity index (χ3n) is 6.25. The van der Waals surface area contributed by atoms with Crippen molar-refractivity contribution in [2.75, 3.05) is 13.6 Å². The number of aromatic nitrogens is 1. The first kappa shape index (κ1) is 18.9. The number of likely N-dealkylation sites (tertiary alicyclic amines) is 1. The van der Waals surface area contributed by atoms with Crippen LogP contribution >= 0.6 is 0 Å². The highest BCUT2D eigenvalue weighted by Crippen LogP contribution is 2.52. The van der Waals surface area contributed by atoms with E-state index in [0.29, 0.717) is 19.6 Å². The van der Waals surface area contributed by atoms with Crippen molar-refractivity contribution in [1.29, 1.82) is 0 Å². The van der Waals surface area contributed by atoms with Gasteiger partial charge in [0.15, 0.2) is 0 Å². The molecule has 4 heterocycles. The number of ether oxygens (including phenoxy) is 1. The van der Waals surface area contributed by atoms with Crippen molar-refractivity contribution in [3.05, 3.63) is 77.9 Å². The van der Waals surface area contributed by atoms with Crippen LogP contribution in [0.3, 0.4) is 0 Å². The molecule has 7 heteroatoms. The Bertz CT molecular complexity index is 1010. The molecule has 30 heavy (non-hydrogen) atoms. The maximum Gasteiger partial charge on any atom is 0.230 e. The summed E-state index contributed by atoms with van der Waals surface area (Å²) in [6.45, 7) is 1.14. The number of rotatable bonds is 5. The first-order chi connectivity index (χ1) is 14.5. The molecule has 5 rings (SSSR count). The zero-order valence-electron chi connectivity index (χ0n) is 16.6. The summed E-state index contributed by atoms with van der Waals surface area (Å²) in [5, 5.41) is 0. The van der Waals surface area contributed by atoms with Crippen molar-refractivity contribution in [1.82, 2.24) is 14.8 Å². The van der Waals surface area contributed by atoms with Crippen molar-refractivity contribution in [3.8, 4) is 0 Å². The molecular formula is C23H22FN3O3. The third kappa shape index (κ3) is 3.01. The van der Waals surface area contributed by atoms with E-state index in [-0.39, 0.29) is 23.7 Å². The van der Waals surface area contributed by atoms with Crippen molar-refractivity contribution < 1.29 is 18.7 Å². The zero-order valence-corrected chi connectivity index (χ0v) is 16.6. The van der Waals surface area contributed by atoms with Crippen LogP contribution in [0.1, 0.15) is 11.3 Å². The fourth-order valence-corrected chi connectivity index (χ4v) is 4.87. The van der Waals surface area contributed by atoms with Gasteiger partial charge in [-0.2, -0.15) is 0 Å². The highest BCUT2D eigenvalue weighted by molar-refractivity contribution is 5.93. The zero-order chi connectivity index (χ0) is 20.9. The molecule has 0 aliphatic carbocycles. The number of carbonyl (C=O) groups is 2. The Balaban J connectivity index is 1.35. The summed E-state index contributed by atoms with van der Waals surface area (Å²) in [6.07, 6.45) is 5.15. The molecule has 2 bridgehead atoms. The summed E-state index contributed by atoms with van der Waals surface area (Å²) in [7, 11) is 1.73. The second kappa shape index (κ2) is 7.02. The van der Waals surface area contributed by atoms with E-state index in [4.69, 9.17) is 4.74 Å². The predicted octanol–water partition coefficient (Wildman–Crippen LogP) is 2.16. The Hall–Kier alpha value is -3.06. The molecule has 154 valence electrons. The summed E-state index contributed by atoms with van der Waals surface area (Å²) in [5.74, 6) is -1.59. The molecule has 3 aliphatic rings. The molecule has 0 radical (unpaired) electrons. The molecule has 2 aromatic rings. The SMILES string of the molecule is CN(Cc1ccccn1)C(=O)C1C2C(=O)N(Cc3ccc(F)cc3)C[C@]23C=C[C@H]1O3. The predicted molar refractivity (Wildman–Crippen MR) is 106 cm³/mol. The highest BCUT2D eigenvalue weighted by atomic mass is 19.1. The molecule has 1 aromatic heterocycles. The number of hydrogen-bond acceptors (Lipinski definition) is 4. The average Bonchev–Trinajstić information content (AvgIpc) is 3.38. The van der Waals surface area contributed by atoms with Crippen LogP contribution in [-0.4, -0.2) is 51.9 Å². The van der Waals surface area contributed by atoms with Gasteiger partial charge in [0.05, 0.1) is 36.7 Å². The van der Waals surface area contributed by atoms with E-state index >= 15 is 0 Å². The average molecular weight is 407 g/mol. The lowest BCUT2D eigenvalue weighted by atomic mass is 9.76. The smallest absolute Gasteiger partial charge is 0.230 e. The number of carbonyl (C=O) groups excluding carboxylic acids is 2.